The van der Waals surface area contributed by atoms with Crippen LogP contribution in [0, 0.1) is 0 Å². The van der Waals surface area contributed by atoms with Crippen LogP contribution in [0.4, 0.5) is 4.79 Å². The Morgan fingerprint density at radius 3 is 2.54 bits per heavy atom. The predicted octanol–water partition coefficient (Wildman–Crippen LogP) is 3.32. The van der Waals surface area contributed by atoms with Gasteiger partial charge in [-0.1, -0.05) is 55.7 Å². The average molecular weight is 355 g/mol. The smallest absolute Gasteiger partial charge is 0.315 e. The highest BCUT2D eigenvalue weighted by Crippen LogP contribution is 2.22. The van der Waals surface area contributed by atoms with Crippen molar-refractivity contribution in [2.45, 2.75) is 51.0 Å². The number of carbonyl (C=O) groups excluding carboxylic acids is 2. The van der Waals surface area contributed by atoms with Crippen LogP contribution in [0.1, 0.15) is 50.5 Å². The number of amides is 3. The summed E-state index contributed by atoms with van der Waals surface area (Å²) in [7, 11) is 0. The largest absolute Gasteiger partial charge is 0.339 e. The van der Waals surface area contributed by atoms with E-state index in [1.54, 1.807) is 0 Å². The van der Waals surface area contributed by atoms with Crippen molar-refractivity contribution in [1.29, 1.82) is 0 Å². The molecule has 2 N–H and O–H groups in total. The SMILES string of the molecule is O=C(NCCC(=O)N1CC=C(c2ccccc2)CC1)NC1CCCCC1. The summed E-state index contributed by atoms with van der Waals surface area (Å²) < 4.78 is 0. The van der Waals surface area contributed by atoms with E-state index in [0.717, 1.165) is 25.8 Å². The fraction of sp³-hybridized carbons (Fsp3) is 0.524. The predicted molar refractivity (Wildman–Crippen MR) is 104 cm³/mol. The minimum atomic E-state index is -0.144. The van der Waals surface area contributed by atoms with Crippen LogP contribution in [-0.2, 0) is 4.79 Å². The van der Waals surface area contributed by atoms with Gasteiger partial charge >= 0.3 is 6.03 Å². The summed E-state index contributed by atoms with van der Waals surface area (Å²) >= 11 is 0. The Labute approximate surface area is 155 Å². The van der Waals surface area contributed by atoms with Crippen LogP contribution in [0.3, 0.4) is 0 Å². The molecule has 1 aromatic rings. The van der Waals surface area contributed by atoms with Crippen molar-refractivity contribution in [1.82, 2.24) is 15.5 Å². The molecule has 3 rings (SSSR count). The minimum Gasteiger partial charge on any atom is -0.339 e. The van der Waals surface area contributed by atoms with E-state index in [1.165, 1.54) is 30.4 Å². The van der Waals surface area contributed by atoms with Gasteiger partial charge < -0.3 is 15.5 Å². The molecule has 0 bridgehead atoms. The zero-order valence-corrected chi connectivity index (χ0v) is 15.4. The summed E-state index contributed by atoms with van der Waals surface area (Å²) in [6, 6.07) is 10.5. The summed E-state index contributed by atoms with van der Waals surface area (Å²) in [5, 5.41) is 5.83. The van der Waals surface area contributed by atoms with E-state index >= 15 is 0 Å². The van der Waals surface area contributed by atoms with Gasteiger partial charge in [-0.25, -0.2) is 4.79 Å². The highest BCUT2D eigenvalue weighted by molar-refractivity contribution is 5.79. The van der Waals surface area contributed by atoms with Gasteiger partial charge in [0.2, 0.25) is 5.91 Å². The highest BCUT2D eigenvalue weighted by Gasteiger charge is 2.18. The molecule has 1 saturated carbocycles. The first-order chi connectivity index (χ1) is 12.7. The lowest BCUT2D eigenvalue weighted by atomic mass is 9.96. The average Bonchev–Trinajstić information content (AvgIpc) is 2.69. The number of hydrogen-bond donors (Lipinski definition) is 2. The molecule has 1 heterocycles. The van der Waals surface area contributed by atoms with Gasteiger partial charge in [0.15, 0.2) is 0 Å². The molecule has 5 heteroatoms. The summed E-state index contributed by atoms with van der Waals surface area (Å²) in [6.07, 6.45) is 9.16. The highest BCUT2D eigenvalue weighted by atomic mass is 16.2. The molecule has 0 aromatic heterocycles. The van der Waals surface area contributed by atoms with Crippen molar-refractivity contribution < 1.29 is 9.59 Å². The van der Waals surface area contributed by atoms with E-state index in [2.05, 4.69) is 28.8 Å². The van der Waals surface area contributed by atoms with Crippen molar-refractivity contribution >= 4 is 17.5 Å². The van der Waals surface area contributed by atoms with Crippen LogP contribution < -0.4 is 10.6 Å². The molecular weight excluding hydrogens is 326 g/mol. The first kappa shape index (κ1) is 18.5. The molecular formula is C21H29N3O2. The molecule has 1 aliphatic heterocycles. The van der Waals surface area contributed by atoms with Gasteiger partial charge in [0, 0.05) is 32.1 Å². The molecule has 26 heavy (non-hydrogen) atoms. The van der Waals surface area contributed by atoms with Crippen molar-refractivity contribution in [2.75, 3.05) is 19.6 Å². The van der Waals surface area contributed by atoms with Crippen LogP contribution >= 0.6 is 0 Å². The Hall–Kier alpha value is -2.30. The maximum Gasteiger partial charge on any atom is 0.315 e. The fourth-order valence-corrected chi connectivity index (χ4v) is 3.73. The second-order valence-corrected chi connectivity index (χ2v) is 7.17. The molecule has 5 nitrogen and oxygen atoms in total. The maximum absolute atomic E-state index is 12.3. The Bertz CT molecular complexity index is 636. The van der Waals surface area contributed by atoms with E-state index < -0.39 is 0 Å². The third-order valence-corrected chi connectivity index (χ3v) is 5.27. The molecule has 3 amide bonds. The van der Waals surface area contributed by atoms with Gasteiger partial charge in [-0.2, -0.15) is 0 Å². The molecule has 1 aliphatic carbocycles. The monoisotopic (exact) mass is 355 g/mol. The lowest BCUT2D eigenvalue weighted by Crippen LogP contribution is -2.44. The normalized spacial score (nSPS) is 18.2. The molecule has 0 atom stereocenters. The number of benzene rings is 1. The van der Waals surface area contributed by atoms with Crippen LogP contribution in [0.5, 0.6) is 0 Å². The van der Waals surface area contributed by atoms with Crippen LogP contribution in [0.25, 0.3) is 5.57 Å². The van der Waals surface area contributed by atoms with Gasteiger partial charge in [0.05, 0.1) is 0 Å². The van der Waals surface area contributed by atoms with Crippen molar-refractivity contribution in [3.05, 3.63) is 42.0 Å². The summed E-state index contributed by atoms with van der Waals surface area (Å²) in [6.45, 7) is 1.79. The van der Waals surface area contributed by atoms with Crippen molar-refractivity contribution in [2.24, 2.45) is 0 Å². The Balaban J connectivity index is 1.36. The first-order valence-corrected chi connectivity index (χ1v) is 9.79. The summed E-state index contributed by atoms with van der Waals surface area (Å²) in [5.41, 5.74) is 2.54. The van der Waals surface area contributed by atoms with Gasteiger partial charge in [0.1, 0.15) is 0 Å². The van der Waals surface area contributed by atoms with Gasteiger partial charge in [-0.3, -0.25) is 4.79 Å². The number of carbonyl (C=O) groups is 2. The molecule has 0 unspecified atom stereocenters. The number of hydrogen-bond acceptors (Lipinski definition) is 2. The van der Waals surface area contributed by atoms with Crippen LogP contribution in [0.2, 0.25) is 0 Å². The van der Waals surface area contributed by atoms with Crippen LogP contribution in [0.15, 0.2) is 36.4 Å². The first-order valence-electron chi connectivity index (χ1n) is 9.79. The standard InChI is InChI=1S/C21H29N3O2/c25-20(11-14-22-21(26)23-19-9-5-2-6-10-19)24-15-12-18(13-16-24)17-7-3-1-4-8-17/h1,3-4,7-8,12,19H,2,5-6,9-11,13-16H2,(H2,22,23,26). The second kappa shape index (κ2) is 9.41. The zero-order chi connectivity index (χ0) is 18.2. The van der Waals surface area contributed by atoms with Gasteiger partial charge in [0.25, 0.3) is 0 Å². The third kappa shape index (κ3) is 5.35. The molecule has 0 saturated heterocycles. The third-order valence-electron chi connectivity index (χ3n) is 5.27. The second-order valence-electron chi connectivity index (χ2n) is 7.17. The van der Waals surface area contributed by atoms with Crippen LogP contribution in [-0.4, -0.2) is 42.5 Å². The molecule has 1 aromatic carbocycles. The van der Waals surface area contributed by atoms with Crippen molar-refractivity contribution in [3.63, 3.8) is 0 Å². The maximum atomic E-state index is 12.3. The molecule has 0 spiro atoms. The van der Waals surface area contributed by atoms with E-state index in [1.807, 2.05) is 23.1 Å². The molecule has 1 fully saturated rings. The summed E-state index contributed by atoms with van der Waals surface area (Å²) in [4.78, 5) is 26.1. The van der Waals surface area contributed by atoms with Gasteiger partial charge in [-0.15, -0.1) is 0 Å². The van der Waals surface area contributed by atoms with Crippen molar-refractivity contribution in [3.8, 4) is 0 Å². The number of urea groups is 1. The molecule has 140 valence electrons. The Kier molecular flexibility index (Phi) is 6.69. The fourth-order valence-electron chi connectivity index (χ4n) is 3.73. The lowest BCUT2D eigenvalue weighted by Gasteiger charge is -2.27. The quantitative estimate of drug-likeness (QED) is 0.851. The summed E-state index contributed by atoms with van der Waals surface area (Å²) in [5.74, 6) is 0.103. The number of nitrogens with zero attached hydrogens (tertiary/aromatic N) is 1. The zero-order valence-electron chi connectivity index (χ0n) is 15.4. The van der Waals surface area contributed by atoms with E-state index in [9.17, 15) is 9.59 Å². The minimum absolute atomic E-state index is 0.103. The number of nitrogens with one attached hydrogen (secondary N) is 2. The lowest BCUT2D eigenvalue weighted by molar-refractivity contribution is -0.130. The van der Waals surface area contributed by atoms with E-state index in [4.69, 9.17) is 0 Å². The Morgan fingerprint density at radius 2 is 1.85 bits per heavy atom. The molecule has 0 radical (unpaired) electrons. The van der Waals surface area contributed by atoms with E-state index in [-0.39, 0.29) is 11.9 Å². The molecule has 2 aliphatic rings. The number of rotatable bonds is 5. The van der Waals surface area contributed by atoms with Gasteiger partial charge in [-0.05, 0) is 30.4 Å². The topological polar surface area (TPSA) is 61.4 Å². The van der Waals surface area contributed by atoms with E-state index in [0.29, 0.717) is 25.6 Å². The Morgan fingerprint density at radius 1 is 1.08 bits per heavy atom.